The van der Waals surface area contributed by atoms with Gasteiger partial charge in [-0.2, -0.15) is 5.10 Å². The maximum atomic E-state index is 11.9. The monoisotopic (exact) mass is 555 g/mol. The highest BCUT2D eigenvalue weighted by molar-refractivity contribution is 7.17. The fourth-order valence-corrected chi connectivity index (χ4v) is 5.90. The molecule has 0 spiro atoms. The highest BCUT2D eigenvalue weighted by Crippen LogP contribution is 2.36. The molecule has 41 heavy (non-hydrogen) atoms. The number of fused-ring (bicyclic) bond motifs is 2. The zero-order valence-corrected chi connectivity index (χ0v) is 23.0. The van der Waals surface area contributed by atoms with Gasteiger partial charge in [0.25, 0.3) is 0 Å². The fraction of sp³-hybridized carbons (Fsp3) is 0.0938. The first-order valence-corrected chi connectivity index (χ1v) is 14.1. The van der Waals surface area contributed by atoms with Crippen LogP contribution in [0.1, 0.15) is 27.7 Å². The van der Waals surface area contributed by atoms with Gasteiger partial charge in [-0.25, -0.2) is 9.97 Å². The number of nitrogens with one attached hydrogen (secondary N) is 3. The van der Waals surface area contributed by atoms with E-state index in [2.05, 4.69) is 54.7 Å². The molecular formula is C32H25N7OS. The molecule has 9 heteroatoms. The zero-order chi connectivity index (χ0) is 27.8. The summed E-state index contributed by atoms with van der Waals surface area (Å²) < 4.78 is 0. The molecule has 0 saturated heterocycles. The molecule has 0 amide bonds. The standard InChI is InChI=1S/C32H25N7OS/c1-19(40)28-9-10-29(41-28)23-11-12-35-32-24(23)14-27(37-32)31-30-26(38-39-31)8-7-25(36-30)22-13-21(17-34-18-22)16-33-15-20-5-3-2-4-6-20/h2-14,17-18,33H,15-16H2,1H3,(H,35,37)(H,38,39). The average molecular weight is 556 g/mol. The zero-order valence-electron chi connectivity index (χ0n) is 22.2. The molecule has 0 aliphatic carbocycles. The van der Waals surface area contributed by atoms with Crippen LogP contribution >= 0.6 is 11.3 Å². The van der Waals surface area contributed by atoms with E-state index < -0.39 is 0 Å². The van der Waals surface area contributed by atoms with Crippen LogP contribution in [0.2, 0.25) is 0 Å². The van der Waals surface area contributed by atoms with E-state index in [1.165, 1.54) is 16.9 Å². The smallest absolute Gasteiger partial charge is 0.169 e. The minimum atomic E-state index is 0.0652. The Labute approximate surface area is 239 Å². The van der Waals surface area contributed by atoms with Crippen LogP contribution in [0.4, 0.5) is 0 Å². The number of rotatable bonds is 8. The van der Waals surface area contributed by atoms with Gasteiger partial charge in [0.05, 0.1) is 21.8 Å². The van der Waals surface area contributed by atoms with Crippen molar-refractivity contribution in [3.05, 3.63) is 107 Å². The molecule has 0 unspecified atom stereocenters. The molecule has 0 aliphatic rings. The predicted octanol–water partition coefficient (Wildman–Crippen LogP) is 6.78. The third kappa shape index (κ3) is 4.93. The number of benzene rings is 1. The van der Waals surface area contributed by atoms with Gasteiger partial charge in [-0.1, -0.05) is 30.3 Å². The van der Waals surface area contributed by atoms with Crippen LogP contribution in [0, 0.1) is 0 Å². The van der Waals surface area contributed by atoms with Crippen LogP contribution in [0.15, 0.2) is 91.4 Å². The number of aromatic nitrogens is 6. The summed E-state index contributed by atoms with van der Waals surface area (Å²) >= 11 is 1.49. The Balaban J connectivity index is 1.19. The van der Waals surface area contributed by atoms with Crippen LogP contribution < -0.4 is 5.32 Å². The maximum Gasteiger partial charge on any atom is 0.169 e. The van der Waals surface area contributed by atoms with Gasteiger partial charge in [-0.3, -0.25) is 14.9 Å². The molecule has 0 saturated carbocycles. The summed E-state index contributed by atoms with van der Waals surface area (Å²) in [6, 6.07) is 24.3. The van der Waals surface area contributed by atoms with Crippen molar-refractivity contribution in [2.75, 3.05) is 0 Å². The van der Waals surface area contributed by atoms with E-state index in [1.54, 1.807) is 13.1 Å². The number of carbonyl (C=O) groups excluding carboxylic acids is 1. The Bertz CT molecular complexity index is 2020. The van der Waals surface area contributed by atoms with Gasteiger partial charge < -0.3 is 10.3 Å². The van der Waals surface area contributed by atoms with Gasteiger partial charge in [-0.05, 0) is 60.5 Å². The number of Topliss-reactive ketones (excluding diaryl/α,β-unsaturated/α-hetero) is 1. The van der Waals surface area contributed by atoms with E-state index in [4.69, 9.17) is 4.98 Å². The van der Waals surface area contributed by atoms with Crippen molar-refractivity contribution < 1.29 is 4.79 Å². The summed E-state index contributed by atoms with van der Waals surface area (Å²) in [7, 11) is 0. The van der Waals surface area contributed by atoms with Crippen LogP contribution in [-0.4, -0.2) is 35.9 Å². The molecule has 6 aromatic heterocycles. The Kier molecular flexibility index (Phi) is 6.42. The lowest BCUT2D eigenvalue weighted by atomic mass is 10.1. The van der Waals surface area contributed by atoms with Crippen molar-refractivity contribution in [2.24, 2.45) is 0 Å². The number of H-pyrrole nitrogens is 2. The van der Waals surface area contributed by atoms with Gasteiger partial charge in [0.15, 0.2) is 5.78 Å². The highest BCUT2D eigenvalue weighted by Gasteiger charge is 2.17. The number of aromatic amines is 2. The molecule has 7 aromatic rings. The summed E-state index contributed by atoms with van der Waals surface area (Å²) in [6.45, 7) is 3.09. The van der Waals surface area contributed by atoms with Crippen molar-refractivity contribution in [3.63, 3.8) is 0 Å². The van der Waals surface area contributed by atoms with E-state index >= 15 is 0 Å². The van der Waals surface area contributed by atoms with Crippen molar-refractivity contribution in [1.82, 2.24) is 35.5 Å². The molecule has 0 radical (unpaired) electrons. The third-order valence-electron chi connectivity index (χ3n) is 7.00. The largest absolute Gasteiger partial charge is 0.338 e. The van der Waals surface area contributed by atoms with Gasteiger partial charge >= 0.3 is 0 Å². The molecule has 0 fully saturated rings. The van der Waals surface area contributed by atoms with Crippen LogP contribution in [0.25, 0.3) is 55.2 Å². The molecule has 1 aromatic carbocycles. The van der Waals surface area contributed by atoms with Gasteiger partial charge in [0.1, 0.15) is 16.9 Å². The second-order valence-electron chi connectivity index (χ2n) is 9.86. The number of pyridine rings is 3. The summed E-state index contributed by atoms with van der Waals surface area (Å²) in [5.74, 6) is 0.0652. The van der Waals surface area contributed by atoms with Crippen LogP contribution in [-0.2, 0) is 13.1 Å². The second kappa shape index (κ2) is 10.5. The third-order valence-corrected chi connectivity index (χ3v) is 8.22. The number of nitrogens with zero attached hydrogens (tertiary/aromatic N) is 4. The van der Waals surface area contributed by atoms with Gasteiger partial charge in [0, 0.05) is 53.1 Å². The molecule has 0 bridgehead atoms. The fourth-order valence-electron chi connectivity index (χ4n) is 4.96. The SMILES string of the molecule is CC(=O)c1ccc(-c2ccnc3[nH]c(-c4n[nH]c5ccc(-c6cncc(CNCc7ccccc7)c6)nc45)cc23)s1. The molecule has 3 N–H and O–H groups in total. The number of ketones is 1. The Morgan fingerprint density at radius 1 is 0.951 bits per heavy atom. The number of thiophene rings is 1. The predicted molar refractivity (Wildman–Crippen MR) is 163 cm³/mol. The normalized spacial score (nSPS) is 11.4. The number of hydrogen-bond acceptors (Lipinski definition) is 7. The van der Waals surface area contributed by atoms with E-state index in [9.17, 15) is 4.79 Å². The molecule has 200 valence electrons. The summed E-state index contributed by atoms with van der Waals surface area (Å²) in [6.07, 6.45) is 5.49. The van der Waals surface area contributed by atoms with Gasteiger partial charge in [0.2, 0.25) is 0 Å². The Morgan fingerprint density at radius 2 is 1.83 bits per heavy atom. The lowest BCUT2D eigenvalue weighted by Crippen LogP contribution is -2.12. The van der Waals surface area contributed by atoms with Crippen molar-refractivity contribution in [1.29, 1.82) is 0 Å². The first-order valence-electron chi connectivity index (χ1n) is 13.3. The highest BCUT2D eigenvalue weighted by atomic mass is 32.1. The minimum absolute atomic E-state index is 0.0652. The summed E-state index contributed by atoms with van der Waals surface area (Å²) in [5.41, 5.74) is 9.00. The van der Waals surface area contributed by atoms with E-state index in [0.29, 0.717) is 6.54 Å². The first kappa shape index (κ1) is 25.0. The maximum absolute atomic E-state index is 11.9. The number of carbonyl (C=O) groups is 1. The Morgan fingerprint density at radius 3 is 2.68 bits per heavy atom. The molecule has 8 nitrogen and oxygen atoms in total. The molecule has 0 atom stereocenters. The van der Waals surface area contributed by atoms with E-state index in [0.717, 1.165) is 72.1 Å². The number of hydrogen-bond donors (Lipinski definition) is 3. The molecule has 6 heterocycles. The summed E-state index contributed by atoms with van der Waals surface area (Å²) in [5, 5.41) is 12.2. The molecule has 7 rings (SSSR count). The van der Waals surface area contributed by atoms with Crippen molar-refractivity contribution in [3.8, 4) is 33.1 Å². The lowest BCUT2D eigenvalue weighted by Gasteiger charge is -2.07. The quantitative estimate of drug-likeness (QED) is 0.178. The van der Waals surface area contributed by atoms with Gasteiger partial charge in [-0.15, -0.1) is 11.3 Å². The van der Waals surface area contributed by atoms with Crippen LogP contribution in [0.5, 0.6) is 0 Å². The lowest BCUT2D eigenvalue weighted by molar-refractivity contribution is 0.102. The Hall–Kier alpha value is -4.99. The topological polar surface area (TPSA) is 112 Å². The van der Waals surface area contributed by atoms with Crippen molar-refractivity contribution >= 4 is 39.2 Å². The van der Waals surface area contributed by atoms with Crippen molar-refractivity contribution in [2.45, 2.75) is 20.0 Å². The first-order chi connectivity index (χ1) is 20.1. The minimum Gasteiger partial charge on any atom is -0.338 e. The summed E-state index contributed by atoms with van der Waals surface area (Å²) in [4.78, 5) is 31.0. The van der Waals surface area contributed by atoms with E-state index in [-0.39, 0.29) is 5.78 Å². The van der Waals surface area contributed by atoms with Crippen LogP contribution in [0.3, 0.4) is 0 Å². The second-order valence-corrected chi connectivity index (χ2v) is 10.9. The van der Waals surface area contributed by atoms with E-state index in [1.807, 2.05) is 60.9 Å². The average Bonchev–Trinajstić information content (AvgIpc) is 3.76. The molecular weight excluding hydrogens is 530 g/mol. The molecule has 0 aliphatic heterocycles.